The third-order valence-corrected chi connectivity index (χ3v) is 4.20. The molecule has 1 fully saturated rings. The third kappa shape index (κ3) is 2.82. The summed E-state index contributed by atoms with van der Waals surface area (Å²) in [5.74, 6) is -0.759. The van der Waals surface area contributed by atoms with Gasteiger partial charge in [-0.15, -0.1) is 0 Å². The van der Waals surface area contributed by atoms with Gasteiger partial charge in [0.25, 0.3) is 11.1 Å². The Morgan fingerprint density at radius 2 is 1.86 bits per heavy atom. The Labute approximate surface area is 131 Å². The molecule has 1 atom stereocenters. The molecule has 1 N–H and O–H groups in total. The lowest BCUT2D eigenvalue weighted by molar-refractivity contribution is -0.116. The van der Waals surface area contributed by atoms with E-state index in [-0.39, 0.29) is 11.1 Å². The molecule has 0 aliphatic carbocycles. The maximum Gasteiger partial charge on any atom is 0.295 e. The molecule has 1 heterocycles. The van der Waals surface area contributed by atoms with Gasteiger partial charge in [0.15, 0.2) is 5.37 Å². The quantitative estimate of drug-likeness (QED) is 0.936. The molecule has 2 aromatic rings. The van der Waals surface area contributed by atoms with E-state index in [1.807, 2.05) is 19.1 Å². The Morgan fingerprint density at radius 1 is 1.14 bits per heavy atom. The van der Waals surface area contributed by atoms with E-state index in [1.54, 1.807) is 24.3 Å². The van der Waals surface area contributed by atoms with Crippen molar-refractivity contribution < 1.29 is 14.0 Å². The average Bonchev–Trinajstić information content (AvgIpc) is 2.75. The summed E-state index contributed by atoms with van der Waals surface area (Å²) >= 11 is 0.885. The first kappa shape index (κ1) is 14.6. The van der Waals surface area contributed by atoms with E-state index in [2.05, 4.69) is 5.32 Å². The SMILES string of the molecule is Cc1ccc(N2C(=O)SC(Nc3cccc(F)c3)C2=O)cc1. The van der Waals surface area contributed by atoms with Gasteiger partial charge in [-0.1, -0.05) is 23.8 Å². The van der Waals surface area contributed by atoms with Crippen LogP contribution in [0.4, 0.5) is 20.6 Å². The number of carbonyl (C=O) groups excluding carboxylic acids is 2. The normalized spacial score (nSPS) is 17.9. The molecule has 2 aromatic carbocycles. The van der Waals surface area contributed by atoms with Crippen LogP contribution in [0.2, 0.25) is 0 Å². The number of aryl methyl sites for hydroxylation is 1. The van der Waals surface area contributed by atoms with Crippen LogP contribution in [0, 0.1) is 12.7 Å². The van der Waals surface area contributed by atoms with E-state index in [1.165, 1.54) is 12.1 Å². The molecule has 4 nitrogen and oxygen atoms in total. The first-order valence-corrected chi connectivity index (χ1v) is 7.56. The van der Waals surface area contributed by atoms with Crippen molar-refractivity contribution in [1.29, 1.82) is 0 Å². The van der Waals surface area contributed by atoms with Crippen LogP contribution in [0.25, 0.3) is 0 Å². The van der Waals surface area contributed by atoms with Gasteiger partial charge in [0.1, 0.15) is 5.82 Å². The molecule has 0 saturated carbocycles. The summed E-state index contributed by atoms with van der Waals surface area (Å²) in [5, 5.41) is 1.79. The summed E-state index contributed by atoms with van der Waals surface area (Å²) in [4.78, 5) is 25.7. The minimum atomic E-state index is -0.754. The van der Waals surface area contributed by atoms with Crippen LogP contribution in [0.15, 0.2) is 48.5 Å². The fraction of sp³-hybridized carbons (Fsp3) is 0.125. The van der Waals surface area contributed by atoms with Gasteiger partial charge in [0, 0.05) is 5.69 Å². The molecular formula is C16H13FN2O2S. The van der Waals surface area contributed by atoms with Crippen molar-refractivity contribution in [3.05, 3.63) is 59.9 Å². The molecule has 0 radical (unpaired) electrons. The topological polar surface area (TPSA) is 49.4 Å². The number of hydrogen-bond donors (Lipinski definition) is 1. The van der Waals surface area contributed by atoms with E-state index in [9.17, 15) is 14.0 Å². The molecule has 2 amide bonds. The first-order chi connectivity index (χ1) is 10.5. The van der Waals surface area contributed by atoms with Crippen molar-refractivity contribution in [2.24, 2.45) is 0 Å². The number of amides is 2. The zero-order valence-corrected chi connectivity index (χ0v) is 12.6. The summed E-state index contributed by atoms with van der Waals surface area (Å²) < 4.78 is 13.2. The van der Waals surface area contributed by atoms with Gasteiger partial charge in [0.05, 0.1) is 5.69 Å². The fourth-order valence-electron chi connectivity index (χ4n) is 2.16. The van der Waals surface area contributed by atoms with Crippen LogP contribution < -0.4 is 10.2 Å². The van der Waals surface area contributed by atoms with E-state index in [0.717, 1.165) is 22.2 Å². The maximum absolute atomic E-state index is 13.2. The largest absolute Gasteiger partial charge is 0.365 e. The molecule has 1 unspecified atom stereocenters. The monoisotopic (exact) mass is 316 g/mol. The van der Waals surface area contributed by atoms with Gasteiger partial charge >= 0.3 is 0 Å². The first-order valence-electron chi connectivity index (χ1n) is 6.68. The van der Waals surface area contributed by atoms with Gasteiger partial charge in [-0.05, 0) is 49.0 Å². The summed E-state index contributed by atoms with van der Waals surface area (Å²) in [5.41, 5.74) is 2.05. The summed E-state index contributed by atoms with van der Waals surface area (Å²) in [6.45, 7) is 1.93. The molecule has 1 saturated heterocycles. The number of imide groups is 1. The van der Waals surface area contributed by atoms with Crippen molar-refractivity contribution in [1.82, 2.24) is 0 Å². The van der Waals surface area contributed by atoms with Crippen molar-refractivity contribution in [3.8, 4) is 0 Å². The van der Waals surface area contributed by atoms with Crippen molar-refractivity contribution in [3.63, 3.8) is 0 Å². The lowest BCUT2D eigenvalue weighted by atomic mass is 10.2. The number of benzene rings is 2. The number of rotatable bonds is 3. The highest BCUT2D eigenvalue weighted by Gasteiger charge is 2.40. The summed E-state index contributed by atoms with van der Waals surface area (Å²) in [7, 11) is 0. The number of nitrogens with zero attached hydrogens (tertiary/aromatic N) is 1. The van der Waals surface area contributed by atoms with E-state index < -0.39 is 11.2 Å². The summed E-state index contributed by atoms with van der Waals surface area (Å²) in [6.07, 6.45) is 0. The predicted octanol–water partition coefficient (Wildman–Crippen LogP) is 3.77. The standard InChI is InChI=1S/C16H13FN2O2S/c1-10-5-7-13(8-6-10)19-15(20)14(22-16(19)21)18-12-4-2-3-11(17)9-12/h2-9,14,18H,1H3. The molecule has 1 aliphatic heterocycles. The molecule has 6 heteroatoms. The molecule has 1 aliphatic rings. The molecule has 112 valence electrons. The highest BCUT2D eigenvalue weighted by Crippen LogP contribution is 2.32. The van der Waals surface area contributed by atoms with Crippen molar-refractivity contribution >= 4 is 34.3 Å². The highest BCUT2D eigenvalue weighted by atomic mass is 32.2. The number of anilines is 2. The number of hydrogen-bond acceptors (Lipinski definition) is 4. The fourth-order valence-corrected chi connectivity index (χ4v) is 3.06. The maximum atomic E-state index is 13.2. The van der Waals surface area contributed by atoms with Crippen LogP contribution in [-0.2, 0) is 4.79 Å². The Bertz CT molecular complexity index is 733. The minimum Gasteiger partial charge on any atom is -0.365 e. The zero-order chi connectivity index (χ0) is 15.7. The Balaban J connectivity index is 1.81. The van der Waals surface area contributed by atoms with Gasteiger partial charge < -0.3 is 5.32 Å². The number of nitrogens with one attached hydrogen (secondary N) is 1. The smallest absolute Gasteiger partial charge is 0.295 e. The van der Waals surface area contributed by atoms with E-state index >= 15 is 0 Å². The Hall–Kier alpha value is -2.34. The molecule has 0 spiro atoms. The second-order valence-corrected chi connectivity index (χ2v) is 5.98. The van der Waals surface area contributed by atoms with Crippen molar-refractivity contribution in [2.75, 3.05) is 10.2 Å². The second-order valence-electron chi connectivity index (χ2n) is 4.93. The minimum absolute atomic E-state index is 0.345. The Morgan fingerprint density at radius 3 is 2.55 bits per heavy atom. The average molecular weight is 316 g/mol. The molecular weight excluding hydrogens is 303 g/mol. The number of thioether (sulfide) groups is 1. The van der Waals surface area contributed by atoms with Crippen LogP contribution in [-0.4, -0.2) is 16.5 Å². The van der Waals surface area contributed by atoms with Gasteiger partial charge in [-0.3, -0.25) is 9.59 Å². The molecule has 0 bridgehead atoms. The van der Waals surface area contributed by atoms with Crippen molar-refractivity contribution in [2.45, 2.75) is 12.3 Å². The molecule has 0 aromatic heterocycles. The summed E-state index contributed by atoms with van der Waals surface area (Å²) in [6, 6.07) is 12.9. The lowest BCUT2D eigenvalue weighted by Crippen LogP contribution is -2.34. The lowest BCUT2D eigenvalue weighted by Gasteiger charge is -2.15. The molecule has 22 heavy (non-hydrogen) atoms. The van der Waals surface area contributed by atoms with Crippen LogP contribution >= 0.6 is 11.8 Å². The van der Waals surface area contributed by atoms with E-state index in [4.69, 9.17) is 0 Å². The number of carbonyl (C=O) groups is 2. The predicted molar refractivity (Wildman–Crippen MR) is 85.5 cm³/mol. The zero-order valence-electron chi connectivity index (χ0n) is 11.7. The van der Waals surface area contributed by atoms with Crippen LogP contribution in [0.5, 0.6) is 0 Å². The number of halogens is 1. The molecule has 3 rings (SSSR count). The van der Waals surface area contributed by atoms with Gasteiger partial charge in [-0.25, -0.2) is 9.29 Å². The van der Waals surface area contributed by atoms with Gasteiger partial charge in [-0.2, -0.15) is 0 Å². The van der Waals surface area contributed by atoms with Gasteiger partial charge in [0.2, 0.25) is 0 Å². The van der Waals surface area contributed by atoms with Crippen LogP contribution in [0.1, 0.15) is 5.56 Å². The second kappa shape index (κ2) is 5.81. The Kier molecular flexibility index (Phi) is 3.85. The van der Waals surface area contributed by atoms with Crippen LogP contribution in [0.3, 0.4) is 0 Å². The third-order valence-electron chi connectivity index (χ3n) is 3.26. The van der Waals surface area contributed by atoms with E-state index in [0.29, 0.717) is 11.4 Å². The highest BCUT2D eigenvalue weighted by molar-refractivity contribution is 8.16.